The lowest BCUT2D eigenvalue weighted by molar-refractivity contribution is 0.105. The van der Waals surface area contributed by atoms with Gasteiger partial charge in [0.2, 0.25) is 5.95 Å². The van der Waals surface area contributed by atoms with Crippen molar-refractivity contribution in [1.29, 1.82) is 0 Å². The van der Waals surface area contributed by atoms with E-state index in [9.17, 15) is 4.39 Å². The molecule has 2 aromatic rings. The summed E-state index contributed by atoms with van der Waals surface area (Å²) in [5.41, 5.74) is 7.32. The molecule has 1 heterocycles. The summed E-state index contributed by atoms with van der Waals surface area (Å²) in [7, 11) is 0. The molecule has 1 aromatic carbocycles. The van der Waals surface area contributed by atoms with Crippen LogP contribution in [0.2, 0.25) is 0 Å². The predicted molar refractivity (Wildman–Crippen MR) is 74.4 cm³/mol. The number of aromatic nitrogens is 2. The lowest BCUT2D eigenvalue weighted by Crippen LogP contribution is -2.08. The first-order chi connectivity index (χ1) is 9.08. The molecule has 0 aliphatic carbocycles. The van der Waals surface area contributed by atoms with E-state index in [2.05, 4.69) is 18.8 Å². The number of aryl methyl sites for hydroxylation is 1. The number of rotatable bonds is 6. The average Bonchev–Trinajstić information content (AvgIpc) is 2.64. The average molecular weight is 265 g/mol. The Balaban J connectivity index is 1.98. The van der Waals surface area contributed by atoms with E-state index >= 15 is 0 Å². The molecule has 0 unspecified atom stereocenters. The second-order valence-corrected chi connectivity index (χ2v) is 5.08. The molecule has 0 saturated heterocycles. The number of nitrogens with two attached hydrogens (primary N) is 1. The third-order valence-corrected chi connectivity index (χ3v) is 2.86. The zero-order valence-electron chi connectivity index (χ0n) is 11.4. The topological polar surface area (TPSA) is 53.1 Å². The van der Waals surface area contributed by atoms with E-state index in [-0.39, 0.29) is 5.82 Å². The Morgan fingerprint density at radius 1 is 1.42 bits per heavy atom. The summed E-state index contributed by atoms with van der Waals surface area (Å²) in [5.74, 6) is 0.670. The van der Waals surface area contributed by atoms with Crippen molar-refractivity contribution in [2.24, 2.45) is 5.92 Å². The number of ether oxygens (including phenoxy) is 1. The van der Waals surface area contributed by atoms with Crippen molar-refractivity contribution in [1.82, 2.24) is 9.55 Å². The summed E-state index contributed by atoms with van der Waals surface area (Å²) < 4.78 is 20.5. The van der Waals surface area contributed by atoms with Gasteiger partial charge >= 0.3 is 0 Å². The summed E-state index contributed by atoms with van der Waals surface area (Å²) in [4.78, 5) is 4.16. The van der Waals surface area contributed by atoms with E-state index in [0.29, 0.717) is 24.0 Å². The number of nitrogen functional groups attached to an aromatic ring is 1. The molecule has 19 heavy (non-hydrogen) atoms. The van der Waals surface area contributed by atoms with Gasteiger partial charge in [0.15, 0.2) is 0 Å². The van der Waals surface area contributed by atoms with Crippen LogP contribution < -0.4 is 5.73 Å². The van der Waals surface area contributed by atoms with Crippen molar-refractivity contribution in [3.05, 3.63) is 24.0 Å². The minimum Gasteiger partial charge on any atom is -0.381 e. The molecule has 5 heteroatoms. The molecule has 104 valence electrons. The third kappa shape index (κ3) is 3.44. The van der Waals surface area contributed by atoms with Crippen molar-refractivity contribution in [3.8, 4) is 0 Å². The number of hydrogen-bond donors (Lipinski definition) is 1. The van der Waals surface area contributed by atoms with E-state index in [1.54, 1.807) is 6.07 Å². The highest BCUT2D eigenvalue weighted by Crippen LogP contribution is 2.19. The van der Waals surface area contributed by atoms with E-state index in [1.165, 1.54) is 12.1 Å². The van der Waals surface area contributed by atoms with Crippen LogP contribution in [0.25, 0.3) is 11.0 Å². The molecule has 0 radical (unpaired) electrons. The van der Waals surface area contributed by atoms with Crippen molar-refractivity contribution < 1.29 is 9.13 Å². The Hall–Kier alpha value is -1.62. The first kappa shape index (κ1) is 13.8. The van der Waals surface area contributed by atoms with Crippen LogP contribution in [0, 0.1) is 11.7 Å². The van der Waals surface area contributed by atoms with E-state index < -0.39 is 0 Å². The first-order valence-corrected chi connectivity index (χ1v) is 6.57. The van der Waals surface area contributed by atoms with Gasteiger partial charge in [-0.1, -0.05) is 13.8 Å². The molecule has 4 nitrogen and oxygen atoms in total. The number of imidazole rings is 1. The van der Waals surface area contributed by atoms with Gasteiger partial charge in [-0.05, 0) is 24.5 Å². The standard InChI is InChI=1S/C14H20FN3O/c1-10(2)9-19-7-3-6-18-13-5-4-11(15)8-12(13)17-14(18)16/h4-5,8,10H,3,6-7,9H2,1-2H3,(H2,16,17). The van der Waals surface area contributed by atoms with Crippen molar-refractivity contribution in [2.75, 3.05) is 18.9 Å². The Bertz CT molecular complexity index is 551. The SMILES string of the molecule is CC(C)COCCCn1c(N)nc2cc(F)ccc21. The van der Waals surface area contributed by atoms with E-state index in [4.69, 9.17) is 10.5 Å². The molecule has 0 aliphatic heterocycles. The Morgan fingerprint density at radius 3 is 2.95 bits per heavy atom. The fourth-order valence-corrected chi connectivity index (χ4v) is 2.00. The highest BCUT2D eigenvalue weighted by Gasteiger charge is 2.08. The summed E-state index contributed by atoms with van der Waals surface area (Å²) >= 11 is 0. The van der Waals surface area contributed by atoms with Gasteiger partial charge in [-0.3, -0.25) is 0 Å². The van der Waals surface area contributed by atoms with Crippen molar-refractivity contribution in [2.45, 2.75) is 26.8 Å². The van der Waals surface area contributed by atoms with Crippen molar-refractivity contribution in [3.63, 3.8) is 0 Å². The highest BCUT2D eigenvalue weighted by molar-refractivity contribution is 5.78. The van der Waals surface area contributed by atoms with Gasteiger partial charge in [0.25, 0.3) is 0 Å². The maximum Gasteiger partial charge on any atom is 0.201 e. The molecule has 0 fully saturated rings. The zero-order valence-corrected chi connectivity index (χ0v) is 11.4. The quantitative estimate of drug-likeness (QED) is 0.817. The molecule has 2 rings (SSSR count). The summed E-state index contributed by atoms with van der Waals surface area (Å²) in [6.45, 7) is 6.43. The van der Waals surface area contributed by atoms with Crippen LogP contribution in [0.4, 0.5) is 10.3 Å². The van der Waals surface area contributed by atoms with Crippen LogP contribution in [0.1, 0.15) is 20.3 Å². The maximum absolute atomic E-state index is 13.1. The number of fused-ring (bicyclic) bond motifs is 1. The van der Waals surface area contributed by atoms with Gasteiger partial charge in [0.05, 0.1) is 11.0 Å². The van der Waals surface area contributed by atoms with Gasteiger partial charge in [-0.25, -0.2) is 9.37 Å². The number of nitrogens with zero attached hydrogens (tertiary/aromatic N) is 2. The fourth-order valence-electron chi connectivity index (χ4n) is 2.00. The number of anilines is 1. The smallest absolute Gasteiger partial charge is 0.201 e. The summed E-state index contributed by atoms with van der Waals surface area (Å²) in [6.07, 6.45) is 0.861. The lowest BCUT2D eigenvalue weighted by Gasteiger charge is -2.08. The molecular formula is C14H20FN3O. The molecule has 0 atom stereocenters. The Labute approximate surface area is 112 Å². The predicted octanol–water partition coefficient (Wildman–Crippen LogP) is 2.82. The van der Waals surface area contributed by atoms with Crippen LogP contribution in [-0.4, -0.2) is 22.8 Å². The second kappa shape index (κ2) is 6.02. The molecular weight excluding hydrogens is 245 g/mol. The van der Waals surface area contributed by atoms with Gasteiger partial charge in [-0.2, -0.15) is 0 Å². The van der Waals surface area contributed by atoms with Crippen LogP contribution in [0.15, 0.2) is 18.2 Å². The molecule has 0 amide bonds. The van der Waals surface area contributed by atoms with Crippen LogP contribution in [0.5, 0.6) is 0 Å². The van der Waals surface area contributed by atoms with E-state index in [0.717, 1.165) is 25.1 Å². The lowest BCUT2D eigenvalue weighted by atomic mass is 10.2. The normalized spacial score (nSPS) is 11.6. The summed E-state index contributed by atoms with van der Waals surface area (Å²) in [6, 6.07) is 4.54. The fraction of sp³-hybridized carbons (Fsp3) is 0.500. The van der Waals surface area contributed by atoms with Gasteiger partial charge < -0.3 is 15.0 Å². The third-order valence-electron chi connectivity index (χ3n) is 2.86. The number of hydrogen-bond acceptors (Lipinski definition) is 3. The van der Waals surface area contributed by atoms with Crippen LogP contribution in [0.3, 0.4) is 0 Å². The monoisotopic (exact) mass is 265 g/mol. The zero-order chi connectivity index (χ0) is 13.8. The largest absolute Gasteiger partial charge is 0.381 e. The van der Waals surface area contributed by atoms with Gasteiger partial charge in [-0.15, -0.1) is 0 Å². The second-order valence-electron chi connectivity index (χ2n) is 5.08. The highest BCUT2D eigenvalue weighted by atomic mass is 19.1. The molecule has 0 spiro atoms. The van der Waals surface area contributed by atoms with Crippen LogP contribution >= 0.6 is 0 Å². The molecule has 0 saturated carbocycles. The number of halogens is 1. The molecule has 0 aliphatic rings. The molecule has 1 aromatic heterocycles. The molecule has 2 N–H and O–H groups in total. The number of benzene rings is 1. The minimum atomic E-state index is -0.294. The van der Waals surface area contributed by atoms with Gasteiger partial charge in [0.1, 0.15) is 5.82 Å². The van der Waals surface area contributed by atoms with E-state index in [1.807, 2.05) is 4.57 Å². The van der Waals surface area contributed by atoms with Crippen molar-refractivity contribution >= 4 is 17.0 Å². The minimum absolute atomic E-state index is 0.294. The Kier molecular flexibility index (Phi) is 4.37. The Morgan fingerprint density at radius 2 is 2.21 bits per heavy atom. The van der Waals surface area contributed by atoms with Gasteiger partial charge in [0, 0.05) is 25.8 Å². The first-order valence-electron chi connectivity index (χ1n) is 6.57. The summed E-state index contributed by atoms with van der Waals surface area (Å²) in [5, 5.41) is 0. The van der Waals surface area contributed by atoms with Crippen LogP contribution in [-0.2, 0) is 11.3 Å². The molecule has 0 bridgehead atoms. The maximum atomic E-state index is 13.1.